The SMILES string of the molecule is CCN(CC(=O)Nc1nncs1)[C@H](C)c1cc2ccccc2o1. The number of fused-ring (bicyclic) bond motifs is 1. The van der Waals surface area contributed by atoms with Crippen molar-refractivity contribution >= 4 is 33.3 Å². The van der Waals surface area contributed by atoms with Gasteiger partial charge in [-0.05, 0) is 25.6 Å². The Morgan fingerprint density at radius 3 is 2.96 bits per heavy atom. The van der Waals surface area contributed by atoms with Gasteiger partial charge in [0.2, 0.25) is 11.0 Å². The molecule has 0 radical (unpaired) electrons. The largest absolute Gasteiger partial charge is 0.459 e. The lowest BCUT2D eigenvalue weighted by atomic mass is 10.2. The number of carbonyl (C=O) groups is 1. The molecule has 7 heteroatoms. The van der Waals surface area contributed by atoms with E-state index in [9.17, 15) is 4.79 Å². The second-order valence-electron chi connectivity index (χ2n) is 5.22. The summed E-state index contributed by atoms with van der Waals surface area (Å²) in [6.45, 7) is 5.08. The molecule has 0 fully saturated rings. The van der Waals surface area contributed by atoms with Crippen LogP contribution in [0.3, 0.4) is 0 Å². The van der Waals surface area contributed by atoms with E-state index in [0.29, 0.717) is 5.13 Å². The lowest BCUT2D eigenvalue weighted by Gasteiger charge is -2.25. The van der Waals surface area contributed by atoms with E-state index >= 15 is 0 Å². The molecule has 2 aromatic heterocycles. The summed E-state index contributed by atoms with van der Waals surface area (Å²) in [6, 6.07) is 9.95. The fraction of sp³-hybridized carbons (Fsp3) is 0.312. The molecule has 2 heterocycles. The van der Waals surface area contributed by atoms with E-state index in [2.05, 4.69) is 15.5 Å². The smallest absolute Gasteiger partial charge is 0.240 e. The third-order valence-electron chi connectivity index (χ3n) is 3.76. The summed E-state index contributed by atoms with van der Waals surface area (Å²) in [5.74, 6) is 0.753. The number of hydrogen-bond donors (Lipinski definition) is 1. The molecule has 0 aliphatic carbocycles. The number of carbonyl (C=O) groups excluding carboxylic acids is 1. The van der Waals surface area contributed by atoms with Gasteiger partial charge >= 0.3 is 0 Å². The molecule has 3 rings (SSSR count). The summed E-state index contributed by atoms with van der Waals surface area (Å²) in [5.41, 5.74) is 2.45. The Labute approximate surface area is 138 Å². The maximum atomic E-state index is 12.1. The minimum atomic E-state index is -0.105. The number of furan rings is 1. The minimum absolute atomic E-state index is 0.00701. The van der Waals surface area contributed by atoms with Crippen LogP contribution in [0.15, 0.2) is 40.3 Å². The van der Waals surface area contributed by atoms with E-state index in [1.807, 2.05) is 49.1 Å². The second kappa shape index (κ2) is 6.89. The van der Waals surface area contributed by atoms with Crippen molar-refractivity contribution < 1.29 is 9.21 Å². The number of benzene rings is 1. The number of para-hydroxylation sites is 1. The summed E-state index contributed by atoms with van der Waals surface area (Å²) in [4.78, 5) is 14.2. The maximum absolute atomic E-state index is 12.1. The van der Waals surface area contributed by atoms with Gasteiger partial charge in [0.25, 0.3) is 0 Å². The van der Waals surface area contributed by atoms with Crippen LogP contribution in [0.25, 0.3) is 11.0 Å². The van der Waals surface area contributed by atoms with E-state index in [0.717, 1.165) is 23.3 Å². The highest BCUT2D eigenvalue weighted by Crippen LogP contribution is 2.27. The number of hydrogen-bond acceptors (Lipinski definition) is 6. The van der Waals surface area contributed by atoms with Crippen LogP contribution in [0.4, 0.5) is 5.13 Å². The van der Waals surface area contributed by atoms with Gasteiger partial charge in [-0.2, -0.15) is 0 Å². The molecular weight excluding hydrogens is 312 g/mol. The molecule has 3 aromatic rings. The van der Waals surface area contributed by atoms with Gasteiger partial charge in [-0.25, -0.2) is 0 Å². The predicted molar refractivity (Wildman–Crippen MR) is 90.4 cm³/mol. The normalized spacial score (nSPS) is 12.7. The van der Waals surface area contributed by atoms with Crippen LogP contribution in [0.5, 0.6) is 0 Å². The number of nitrogens with one attached hydrogen (secondary N) is 1. The number of aromatic nitrogens is 2. The van der Waals surface area contributed by atoms with Crippen LogP contribution in [0, 0.1) is 0 Å². The first-order valence-corrected chi connectivity index (χ1v) is 8.34. The Bertz CT molecular complexity index is 751. The summed E-state index contributed by atoms with van der Waals surface area (Å²) in [7, 11) is 0. The topological polar surface area (TPSA) is 71.3 Å². The lowest BCUT2D eigenvalue weighted by molar-refractivity contribution is -0.117. The van der Waals surface area contributed by atoms with E-state index in [1.54, 1.807) is 5.51 Å². The first-order valence-electron chi connectivity index (χ1n) is 7.46. The van der Waals surface area contributed by atoms with E-state index in [1.165, 1.54) is 11.3 Å². The minimum Gasteiger partial charge on any atom is -0.459 e. The van der Waals surface area contributed by atoms with Crippen molar-refractivity contribution in [2.75, 3.05) is 18.4 Å². The van der Waals surface area contributed by atoms with E-state index in [-0.39, 0.29) is 18.5 Å². The molecule has 0 saturated carbocycles. The van der Waals surface area contributed by atoms with Crippen LogP contribution in [-0.2, 0) is 4.79 Å². The molecular formula is C16H18N4O2S. The first-order chi connectivity index (χ1) is 11.2. The van der Waals surface area contributed by atoms with Crippen molar-refractivity contribution in [3.8, 4) is 0 Å². The van der Waals surface area contributed by atoms with Gasteiger partial charge in [0.15, 0.2) is 0 Å². The van der Waals surface area contributed by atoms with Crippen molar-refractivity contribution in [3.63, 3.8) is 0 Å². The van der Waals surface area contributed by atoms with Crippen molar-refractivity contribution in [1.29, 1.82) is 0 Å². The molecule has 0 unspecified atom stereocenters. The summed E-state index contributed by atoms with van der Waals surface area (Å²) >= 11 is 1.30. The van der Waals surface area contributed by atoms with E-state index < -0.39 is 0 Å². The van der Waals surface area contributed by atoms with Gasteiger partial charge in [0.1, 0.15) is 16.9 Å². The highest BCUT2D eigenvalue weighted by Gasteiger charge is 2.21. The monoisotopic (exact) mass is 330 g/mol. The molecule has 1 aromatic carbocycles. The standard InChI is InChI=1S/C16H18N4O2S/c1-3-20(9-15(21)18-16-19-17-10-23-16)11(2)14-8-12-6-4-5-7-13(12)22-14/h4-8,10-11H,3,9H2,1-2H3,(H,18,19,21)/t11-/m1/s1. The number of likely N-dealkylation sites (N-methyl/N-ethyl adjacent to an activating group) is 1. The molecule has 0 bridgehead atoms. The van der Waals surface area contributed by atoms with Crippen molar-refractivity contribution in [2.24, 2.45) is 0 Å². The molecule has 0 saturated heterocycles. The summed E-state index contributed by atoms with van der Waals surface area (Å²) < 4.78 is 5.91. The fourth-order valence-electron chi connectivity index (χ4n) is 2.48. The fourth-order valence-corrected chi connectivity index (χ4v) is 2.94. The molecule has 0 aliphatic rings. The molecule has 1 atom stereocenters. The molecule has 23 heavy (non-hydrogen) atoms. The molecule has 1 amide bonds. The third kappa shape index (κ3) is 3.57. The third-order valence-corrected chi connectivity index (χ3v) is 4.37. The van der Waals surface area contributed by atoms with Gasteiger partial charge < -0.3 is 4.42 Å². The lowest BCUT2D eigenvalue weighted by Crippen LogP contribution is -2.35. The van der Waals surface area contributed by atoms with Gasteiger partial charge in [0.05, 0.1) is 12.6 Å². The van der Waals surface area contributed by atoms with Crippen molar-refractivity contribution in [3.05, 3.63) is 41.6 Å². The highest BCUT2D eigenvalue weighted by atomic mass is 32.1. The summed E-state index contributed by atoms with van der Waals surface area (Å²) in [6.07, 6.45) is 0. The van der Waals surface area contributed by atoms with Crippen LogP contribution in [-0.4, -0.2) is 34.1 Å². The molecule has 1 N–H and O–H groups in total. The summed E-state index contributed by atoms with van der Waals surface area (Å²) in [5, 5.41) is 11.9. The molecule has 0 spiro atoms. The average Bonchev–Trinajstić information content (AvgIpc) is 3.20. The van der Waals surface area contributed by atoms with Crippen LogP contribution >= 0.6 is 11.3 Å². The van der Waals surface area contributed by atoms with Crippen LogP contribution in [0.2, 0.25) is 0 Å². The Kier molecular flexibility index (Phi) is 4.68. The average molecular weight is 330 g/mol. The van der Waals surface area contributed by atoms with Gasteiger partial charge in [-0.1, -0.05) is 36.5 Å². The van der Waals surface area contributed by atoms with Crippen molar-refractivity contribution in [1.82, 2.24) is 15.1 Å². The molecule has 6 nitrogen and oxygen atoms in total. The molecule has 120 valence electrons. The zero-order chi connectivity index (χ0) is 16.2. The first kappa shape index (κ1) is 15.6. The Hall–Kier alpha value is -2.25. The predicted octanol–water partition coefficient (Wildman–Crippen LogP) is 3.31. The van der Waals surface area contributed by atoms with Gasteiger partial charge in [0, 0.05) is 5.39 Å². The second-order valence-corrected chi connectivity index (χ2v) is 6.05. The highest BCUT2D eigenvalue weighted by molar-refractivity contribution is 7.13. The van der Waals surface area contributed by atoms with Gasteiger partial charge in [-0.15, -0.1) is 10.2 Å². The number of nitrogens with zero attached hydrogens (tertiary/aromatic N) is 3. The maximum Gasteiger partial charge on any atom is 0.240 e. The van der Waals surface area contributed by atoms with Gasteiger partial charge in [-0.3, -0.25) is 15.0 Å². The quantitative estimate of drug-likeness (QED) is 0.751. The Morgan fingerprint density at radius 1 is 1.43 bits per heavy atom. The number of rotatable bonds is 6. The molecule has 0 aliphatic heterocycles. The van der Waals surface area contributed by atoms with Crippen LogP contribution in [0.1, 0.15) is 25.6 Å². The number of anilines is 1. The van der Waals surface area contributed by atoms with E-state index in [4.69, 9.17) is 4.42 Å². The van der Waals surface area contributed by atoms with Crippen molar-refractivity contribution in [2.45, 2.75) is 19.9 Å². The Morgan fingerprint density at radius 2 is 2.26 bits per heavy atom. The zero-order valence-electron chi connectivity index (χ0n) is 13.0. The number of amides is 1. The zero-order valence-corrected chi connectivity index (χ0v) is 13.8. The van der Waals surface area contributed by atoms with Crippen LogP contribution < -0.4 is 5.32 Å². The Balaban J connectivity index is 1.70.